The van der Waals surface area contributed by atoms with Gasteiger partial charge in [0.1, 0.15) is 5.75 Å². The normalized spacial score (nSPS) is 11.5. The molecule has 2 nitrogen and oxygen atoms in total. The van der Waals surface area contributed by atoms with E-state index >= 15 is 0 Å². The van der Waals surface area contributed by atoms with E-state index in [4.69, 9.17) is 4.74 Å². The molecule has 1 heterocycles. The van der Waals surface area contributed by atoms with E-state index in [0.717, 1.165) is 18.0 Å². The first-order chi connectivity index (χ1) is 15.3. The SMILES string of the molecule is CCCSSCC[n+]1c(/C=C/c2ccc3cc(OC)ccc3c2)ccc2ccccc21. The van der Waals surface area contributed by atoms with Gasteiger partial charge >= 0.3 is 0 Å². The van der Waals surface area contributed by atoms with Crippen molar-refractivity contribution < 1.29 is 9.30 Å². The lowest BCUT2D eigenvalue weighted by Crippen LogP contribution is -2.39. The molecule has 4 rings (SSSR count). The van der Waals surface area contributed by atoms with Gasteiger partial charge in [-0.2, -0.15) is 4.57 Å². The number of para-hydroxylation sites is 1. The molecule has 0 saturated heterocycles. The van der Waals surface area contributed by atoms with Crippen LogP contribution in [0.15, 0.2) is 72.8 Å². The number of nitrogens with zero attached hydrogens (tertiary/aromatic N) is 1. The number of aryl methyl sites for hydroxylation is 1. The highest BCUT2D eigenvalue weighted by molar-refractivity contribution is 8.76. The molecule has 0 N–H and O–H groups in total. The molecule has 0 spiro atoms. The minimum Gasteiger partial charge on any atom is -0.497 e. The first kappa shape index (κ1) is 21.8. The third kappa shape index (κ3) is 5.44. The van der Waals surface area contributed by atoms with Gasteiger partial charge in [-0.15, -0.1) is 0 Å². The molecule has 0 aliphatic heterocycles. The number of hydrogen-bond donors (Lipinski definition) is 0. The Hall–Kier alpha value is -2.43. The van der Waals surface area contributed by atoms with Gasteiger partial charge in [0.15, 0.2) is 6.54 Å². The Balaban J connectivity index is 1.61. The van der Waals surface area contributed by atoms with Crippen LogP contribution in [0.1, 0.15) is 24.6 Å². The molecule has 31 heavy (non-hydrogen) atoms. The van der Waals surface area contributed by atoms with Crippen LogP contribution in [0.5, 0.6) is 5.75 Å². The first-order valence-electron chi connectivity index (χ1n) is 10.7. The molecular formula is C27H28NOS2+. The number of fused-ring (bicyclic) bond motifs is 2. The summed E-state index contributed by atoms with van der Waals surface area (Å²) < 4.78 is 7.78. The third-order valence-corrected chi connectivity index (χ3v) is 7.85. The highest BCUT2D eigenvalue weighted by Crippen LogP contribution is 2.24. The fourth-order valence-corrected chi connectivity index (χ4v) is 5.75. The number of hydrogen-bond acceptors (Lipinski definition) is 3. The molecule has 0 aliphatic carbocycles. The summed E-state index contributed by atoms with van der Waals surface area (Å²) in [4.78, 5) is 0. The van der Waals surface area contributed by atoms with Crippen LogP contribution >= 0.6 is 21.6 Å². The van der Waals surface area contributed by atoms with Gasteiger partial charge in [0, 0.05) is 29.3 Å². The maximum absolute atomic E-state index is 5.34. The Bertz CT molecular complexity index is 1200. The first-order valence-corrected chi connectivity index (χ1v) is 13.2. The second kappa shape index (κ2) is 10.7. The van der Waals surface area contributed by atoms with Gasteiger partial charge < -0.3 is 4.74 Å². The number of rotatable bonds is 9. The smallest absolute Gasteiger partial charge is 0.212 e. The summed E-state index contributed by atoms with van der Waals surface area (Å²) >= 11 is 0. The van der Waals surface area contributed by atoms with E-state index < -0.39 is 0 Å². The zero-order valence-electron chi connectivity index (χ0n) is 18.1. The van der Waals surface area contributed by atoms with E-state index in [9.17, 15) is 0 Å². The molecule has 0 fully saturated rings. The van der Waals surface area contributed by atoms with E-state index in [2.05, 4.69) is 90.4 Å². The van der Waals surface area contributed by atoms with E-state index in [1.165, 1.54) is 45.1 Å². The highest BCUT2D eigenvalue weighted by atomic mass is 33.1. The van der Waals surface area contributed by atoms with Crippen LogP contribution in [0.4, 0.5) is 0 Å². The molecule has 158 valence electrons. The van der Waals surface area contributed by atoms with Crippen molar-refractivity contribution in [2.24, 2.45) is 0 Å². The van der Waals surface area contributed by atoms with Gasteiger partial charge in [-0.3, -0.25) is 0 Å². The summed E-state index contributed by atoms with van der Waals surface area (Å²) in [5.41, 5.74) is 3.72. The van der Waals surface area contributed by atoms with Crippen LogP contribution in [0.25, 0.3) is 33.8 Å². The van der Waals surface area contributed by atoms with Gasteiger partial charge in [-0.05, 0) is 59.2 Å². The molecule has 0 aliphatic rings. The topological polar surface area (TPSA) is 13.1 Å². The molecule has 0 atom stereocenters. The summed E-state index contributed by atoms with van der Waals surface area (Å²) in [6.07, 6.45) is 5.68. The van der Waals surface area contributed by atoms with Crippen LogP contribution in [0.3, 0.4) is 0 Å². The summed E-state index contributed by atoms with van der Waals surface area (Å²) in [5, 5.41) is 3.70. The van der Waals surface area contributed by atoms with Gasteiger partial charge in [0.05, 0.1) is 12.9 Å². The van der Waals surface area contributed by atoms with Gasteiger partial charge in [0.2, 0.25) is 11.2 Å². The largest absolute Gasteiger partial charge is 0.497 e. The van der Waals surface area contributed by atoms with Crippen molar-refractivity contribution in [1.29, 1.82) is 0 Å². The maximum atomic E-state index is 5.34. The Kier molecular flexibility index (Phi) is 7.55. The lowest BCUT2D eigenvalue weighted by atomic mass is 10.1. The van der Waals surface area contributed by atoms with Crippen molar-refractivity contribution in [3.8, 4) is 5.75 Å². The van der Waals surface area contributed by atoms with Gasteiger partial charge in [0.25, 0.3) is 0 Å². The summed E-state index contributed by atoms with van der Waals surface area (Å²) in [5.74, 6) is 3.20. The Morgan fingerprint density at radius 3 is 2.45 bits per heavy atom. The van der Waals surface area contributed by atoms with Crippen LogP contribution < -0.4 is 9.30 Å². The second-order valence-electron chi connectivity index (χ2n) is 7.42. The van der Waals surface area contributed by atoms with Crippen LogP contribution in [0, 0.1) is 0 Å². The van der Waals surface area contributed by atoms with E-state index in [1.807, 2.05) is 27.7 Å². The maximum Gasteiger partial charge on any atom is 0.212 e. The summed E-state index contributed by atoms with van der Waals surface area (Å²) in [7, 11) is 5.65. The third-order valence-electron chi connectivity index (χ3n) is 5.26. The molecule has 4 aromatic rings. The van der Waals surface area contributed by atoms with E-state index in [0.29, 0.717) is 0 Å². The van der Waals surface area contributed by atoms with E-state index in [-0.39, 0.29) is 0 Å². The quantitative estimate of drug-likeness (QED) is 0.153. The molecule has 0 amide bonds. The van der Waals surface area contributed by atoms with Crippen LogP contribution in [0.2, 0.25) is 0 Å². The Morgan fingerprint density at radius 2 is 1.58 bits per heavy atom. The zero-order chi connectivity index (χ0) is 21.5. The van der Waals surface area contributed by atoms with E-state index in [1.54, 1.807) is 7.11 Å². The van der Waals surface area contributed by atoms with Crippen LogP contribution in [-0.2, 0) is 6.54 Å². The van der Waals surface area contributed by atoms with Crippen LogP contribution in [-0.4, -0.2) is 18.6 Å². The monoisotopic (exact) mass is 446 g/mol. The van der Waals surface area contributed by atoms with Crippen molar-refractivity contribution in [3.05, 3.63) is 84.1 Å². The molecule has 0 bridgehead atoms. The fourth-order valence-electron chi connectivity index (χ4n) is 3.66. The average Bonchev–Trinajstić information content (AvgIpc) is 2.82. The highest BCUT2D eigenvalue weighted by Gasteiger charge is 2.13. The number of pyridine rings is 1. The van der Waals surface area contributed by atoms with Crippen molar-refractivity contribution >= 4 is 55.4 Å². The summed E-state index contributed by atoms with van der Waals surface area (Å²) in [6.45, 7) is 3.24. The summed E-state index contributed by atoms with van der Waals surface area (Å²) in [6, 6.07) is 25.9. The molecule has 0 unspecified atom stereocenters. The number of methoxy groups -OCH3 is 1. The second-order valence-corrected chi connectivity index (χ2v) is 10.1. The molecule has 0 saturated carbocycles. The van der Waals surface area contributed by atoms with Crippen molar-refractivity contribution in [2.75, 3.05) is 18.6 Å². The number of ether oxygens (including phenoxy) is 1. The molecule has 0 radical (unpaired) electrons. The Labute approximate surface area is 192 Å². The molecule has 4 heteroatoms. The van der Waals surface area contributed by atoms with Crippen molar-refractivity contribution in [3.63, 3.8) is 0 Å². The molecular weight excluding hydrogens is 418 g/mol. The van der Waals surface area contributed by atoms with Crippen molar-refractivity contribution in [2.45, 2.75) is 19.9 Å². The minimum absolute atomic E-state index is 0.892. The Morgan fingerprint density at radius 1 is 0.806 bits per heavy atom. The fraction of sp³-hybridized carbons (Fsp3) is 0.222. The number of aromatic nitrogens is 1. The van der Waals surface area contributed by atoms with Gasteiger partial charge in [-0.1, -0.05) is 58.8 Å². The average molecular weight is 447 g/mol. The molecule has 3 aromatic carbocycles. The molecule has 1 aromatic heterocycles. The minimum atomic E-state index is 0.892. The standard InChI is InChI=1S/C27H28NOS2/c1-3-17-30-31-18-16-28-25(14-11-22-6-4-5-7-27(22)28)13-9-21-8-10-24-20-26(29-2)15-12-23(24)19-21/h4-15,19-20H,3,16-18H2,1-2H3/q+1/b13-9+. The lowest BCUT2D eigenvalue weighted by Gasteiger charge is -2.06. The predicted molar refractivity (Wildman–Crippen MR) is 139 cm³/mol. The van der Waals surface area contributed by atoms with Gasteiger partial charge in [-0.25, -0.2) is 0 Å². The zero-order valence-corrected chi connectivity index (χ0v) is 19.7. The predicted octanol–water partition coefficient (Wildman–Crippen LogP) is 7.25. The van der Waals surface area contributed by atoms with Crippen molar-refractivity contribution in [1.82, 2.24) is 0 Å². The number of benzene rings is 3. The lowest BCUT2D eigenvalue weighted by molar-refractivity contribution is -0.668.